The van der Waals surface area contributed by atoms with Gasteiger partial charge in [-0.2, -0.15) is 0 Å². The van der Waals surface area contributed by atoms with Crippen LogP contribution in [0.5, 0.6) is 0 Å². The SMILES string of the molecule is CC(C)(C)NCc1nc(Nc2ccc(-c3cnc4cc(F)ccn34)c3c2C(=O)NC3)ccc1C1CCOC1.COCC1(O)CCN(c2ccc(Nc3cnc(-c4ccnc5c4ccn5C)c4c3C(=O)NC4)nc2CN(C)C)CC1.O=C1NCc2c(-c3cnc4cc(F)ccn34)ccc(Nc3ccc(C4CCOC4)c(CNCC4CC4)n3)c21. The number of aromatic nitrogens is 10. The van der Waals surface area contributed by atoms with Crippen molar-refractivity contribution < 1.29 is 42.5 Å². The molecule has 3 saturated heterocycles. The van der Waals surface area contributed by atoms with Gasteiger partial charge < -0.3 is 76.2 Å². The van der Waals surface area contributed by atoms with Crippen LogP contribution < -0.4 is 47.4 Å². The number of pyridine rings is 7. The van der Waals surface area contributed by atoms with Gasteiger partial charge in [0.25, 0.3) is 17.7 Å². The maximum absolute atomic E-state index is 13.7. The molecule has 604 valence electrons. The minimum atomic E-state index is -0.787. The first-order valence-corrected chi connectivity index (χ1v) is 40.0. The summed E-state index contributed by atoms with van der Waals surface area (Å²) in [6.07, 6.45) is 18.1. The lowest BCUT2D eigenvalue weighted by Crippen LogP contribution is -2.47. The van der Waals surface area contributed by atoms with E-state index < -0.39 is 5.60 Å². The fraction of sp³-hybridized carbons (Fsp3) is 0.364. The van der Waals surface area contributed by atoms with Crippen LogP contribution in [0, 0.1) is 17.6 Å². The molecule has 117 heavy (non-hydrogen) atoms. The zero-order valence-electron chi connectivity index (χ0n) is 66.7. The molecular weight excluding hydrogens is 1490 g/mol. The van der Waals surface area contributed by atoms with Crippen molar-refractivity contribution in [2.24, 2.45) is 13.0 Å². The monoisotopic (exact) mass is 1580 g/mol. The second-order valence-electron chi connectivity index (χ2n) is 32.6. The Morgan fingerprint density at radius 2 is 1.15 bits per heavy atom. The number of ether oxygens (including phenoxy) is 3. The molecule has 2 unspecified atom stereocenters. The molecule has 6 aliphatic heterocycles. The normalized spacial score (nSPS) is 17.4. The Kier molecular flexibility index (Phi) is 21.8. The first-order valence-electron chi connectivity index (χ1n) is 40.0. The Labute approximate surface area is 675 Å². The first kappa shape index (κ1) is 77.9. The molecule has 0 spiro atoms. The van der Waals surface area contributed by atoms with Crippen LogP contribution in [0.4, 0.5) is 49.0 Å². The van der Waals surface area contributed by atoms with E-state index in [0.29, 0.717) is 140 Å². The zero-order chi connectivity index (χ0) is 80.8. The molecule has 3 amide bonds. The molecule has 1 saturated carbocycles. The summed E-state index contributed by atoms with van der Waals surface area (Å²) < 4.78 is 49.6. The zero-order valence-corrected chi connectivity index (χ0v) is 66.7. The van der Waals surface area contributed by atoms with Crippen molar-refractivity contribution in [2.75, 3.05) is 94.7 Å². The molecule has 4 fully saturated rings. The molecule has 12 aromatic rings. The van der Waals surface area contributed by atoms with Crippen LogP contribution in [0.2, 0.25) is 0 Å². The van der Waals surface area contributed by atoms with Gasteiger partial charge in [-0.3, -0.25) is 28.2 Å². The van der Waals surface area contributed by atoms with Crippen molar-refractivity contribution in [1.29, 1.82) is 0 Å². The van der Waals surface area contributed by atoms with Gasteiger partial charge in [0, 0.05) is 162 Å². The van der Waals surface area contributed by atoms with Crippen LogP contribution in [-0.4, -0.2) is 161 Å². The first-order chi connectivity index (χ1) is 56.7. The number of hydrogen-bond acceptors (Lipinski definition) is 21. The summed E-state index contributed by atoms with van der Waals surface area (Å²) in [5.41, 5.74) is 19.0. The van der Waals surface area contributed by atoms with Gasteiger partial charge in [0.1, 0.15) is 46.0 Å². The second kappa shape index (κ2) is 32.8. The number of nitrogens with zero attached hydrogens (tertiary/aromatic N) is 12. The van der Waals surface area contributed by atoms with Gasteiger partial charge in [-0.05, 0) is 169 Å². The summed E-state index contributed by atoms with van der Waals surface area (Å²) >= 11 is 0. The van der Waals surface area contributed by atoms with Crippen LogP contribution >= 0.6 is 0 Å². The molecule has 7 aliphatic rings. The number of aryl methyl sites for hydroxylation is 1. The number of carbonyl (C=O) groups is 3. The predicted molar refractivity (Wildman–Crippen MR) is 444 cm³/mol. The Morgan fingerprint density at radius 3 is 1.68 bits per heavy atom. The molecule has 27 nitrogen and oxygen atoms in total. The van der Waals surface area contributed by atoms with E-state index in [2.05, 4.69) is 106 Å². The molecular formula is C88H96F2N20O7. The molecule has 10 aromatic heterocycles. The second-order valence-corrected chi connectivity index (χ2v) is 32.6. The number of aliphatic hydroxyl groups is 1. The summed E-state index contributed by atoms with van der Waals surface area (Å²) in [4.78, 5) is 76.3. The standard InChI is InChI=1S/C30H36N8O3.C29H29FN6O2.C29H31FN6O2/c1-36(2)17-23-24(38-13-9-30(40,10-14-38)18-41-4)5-6-25(35-23)34-22-16-32-27(21-15-33-29(39)26(21)22)19-7-11-31-28-20(19)8-12-37(28)3;30-19-7-9-36-25(15-32-27(36)11-19)21-3-5-23(28-22(21)13-33-29(28)37)34-26-6-4-20(18-8-10-38-16-18)24(35-26)14-31-12-17-1-2-17;1-29(2,3)33-14-23-19(17-9-11-38-16-17)5-7-25(35-23)34-22-6-4-20(21-13-32-28(37)27(21)22)24-15-31-26-12-18(30)8-10-36(24)26/h5-8,11-12,16,40H,9-10,13-15,17-18H2,1-4H3,(H,33,39)(H,34,35);3-7,9,11,15,17-18,31H,1-2,8,10,12-14,16H2,(H,33,37)(H,34,35);4-8,10,12,15,17,33H,9,11,13-14,16H2,1-3H3,(H,32,37)(H,34,35). The number of amides is 3. The molecule has 19 rings (SSSR count). The maximum atomic E-state index is 13.7. The number of imidazole rings is 2. The number of methoxy groups -OCH3 is 1. The smallest absolute Gasteiger partial charge is 0.254 e. The number of anilines is 7. The molecule has 29 heteroatoms. The number of carbonyl (C=O) groups excluding carboxylic acids is 3. The third kappa shape index (κ3) is 16.5. The van der Waals surface area contributed by atoms with Crippen molar-refractivity contribution in [3.8, 4) is 33.8 Å². The average molecular weight is 1580 g/mol. The van der Waals surface area contributed by atoms with Crippen molar-refractivity contribution in [3.05, 3.63) is 214 Å². The topological polar surface area (TPSA) is 306 Å². The summed E-state index contributed by atoms with van der Waals surface area (Å²) in [7, 11) is 7.62. The van der Waals surface area contributed by atoms with E-state index in [0.717, 1.165) is 142 Å². The van der Waals surface area contributed by atoms with Gasteiger partial charge in [-0.15, -0.1) is 0 Å². The number of hydrogen-bond donors (Lipinski definition) is 9. The third-order valence-corrected chi connectivity index (χ3v) is 22.9. The number of nitrogens with one attached hydrogen (secondary N) is 8. The minimum Gasteiger partial charge on any atom is -0.387 e. The summed E-state index contributed by atoms with van der Waals surface area (Å²) in [6.45, 7) is 15.4. The van der Waals surface area contributed by atoms with Gasteiger partial charge in [-0.25, -0.2) is 38.7 Å². The molecule has 9 N–H and O–H groups in total. The summed E-state index contributed by atoms with van der Waals surface area (Å²) in [5.74, 6) is 2.44. The highest BCUT2D eigenvalue weighted by Crippen LogP contribution is 2.42. The lowest BCUT2D eigenvalue weighted by Gasteiger charge is -2.39. The van der Waals surface area contributed by atoms with Crippen molar-refractivity contribution in [1.82, 2.24) is 79.7 Å². The maximum Gasteiger partial charge on any atom is 0.254 e. The van der Waals surface area contributed by atoms with E-state index in [1.807, 2.05) is 95.3 Å². The van der Waals surface area contributed by atoms with E-state index in [1.165, 1.54) is 48.2 Å². The van der Waals surface area contributed by atoms with Crippen molar-refractivity contribution in [3.63, 3.8) is 0 Å². The molecule has 2 atom stereocenters. The van der Waals surface area contributed by atoms with Crippen LogP contribution in [0.15, 0.2) is 140 Å². The fourth-order valence-corrected chi connectivity index (χ4v) is 16.7. The van der Waals surface area contributed by atoms with E-state index in [-0.39, 0.29) is 34.9 Å². The van der Waals surface area contributed by atoms with E-state index in [4.69, 9.17) is 34.1 Å². The highest BCUT2D eigenvalue weighted by Gasteiger charge is 2.36. The van der Waals surface area contributed by atoms with Gasteiger partial charge in [0.15, 0.2) is 0 Å². The van der Waals surface area contributed by atoms with Gasteiger partial charge in [0.2, 0.25) is 0 Å². The lowest BCUT2D eigenvalue weighted by molar-refractivity contribution is -0.0472. The number of halogens is 2. The largest absolute Gasteiger partial charge is 0.387 e. The fourth-order valence-electron chi connectivity index (χ4n) is 16.7. The van der Waals surface area contributed by atoms with Crippen molar-refractivity contribution in [2.45, 2.75) is 122 Å². The predicted octanol–water partition coefficient (Wildman–Crippen LogP) is 12.5. The van der Waals surface area contributed by atoms with Gasteiger partial charge >= 0.3 is 0 Å². The van der Waals surface area contributed by atoms with Crippen LogP contribution in [-0.2, 0) is 60.5 Å². The number of fused-ring (bicyclic) bond motifs is 6. The van der Waals surface area contributed by atoms with Crippen LogP contribution in [0.1, 0.15) is 147 Å². The quantitative estimate of drug-likeness (QED) is 0.0304. The lowest BCUT2D eigenvalue weighted by atomic mass is 9.92. The molecule has 2 aromatic carbocycles. The average Bonchev–Trinajstić information content (AvgIpc) is 1.17. The van der Waals surface area contributed by atoms with Crippen LogP contribution in [0.3, 0.4) is 0 Å². The number of rotatable bonds is 22. The Morgan fingerprint density at radius 1 is 0.607 bits per heavy atom. The van der Waals surface area contributed by atoms with E-state index in [9.17, 15) is 28.3 Å². The summed E-state index contributed by atoms with van der Waals surface area (Å²) in [6, 6.07) is 29.6. The highest BCUT2D eigenvalue weighted by atomic mass is 19.1. The molecule has 16 heterocycles. The molecule has 0 bridgehead atoms. The van der Waals surface area contributed by atoms with Crippen molar-refractivity contribution >= 4 is 80.3 Å². The Hall–Kier alpha value is -11.7. The third-order valence-electron chi connectivity index (χ3n) is 22.9. The summed E-state index contributed by atoms with van der Waals surface area (Å²) in [5, 5.41) is 38.0. The van der Waals surface area contributed by atoms with E-state index in [1.54, 1.807) is 44.3 Å². The molecule has 0 radical (unpaired) electrons. The Balaban J connectivity index is 0.000000126. The minimum absolute atomic E-state index is 0.0487. The van der Waals surface area contributed by atoms with Gasteiger partial charge in [0.05, 0.1) is 118 Å². The Bertz CT molecular complexity index is 5790. The van der Waals surface area contributed by atoms with Crippen LogP contribution in [0.25, 0.3) is 56.1 Å². The van der Waals surface area contributed by atoms with Gasteiger partial charge in [-0.1, -0.05) is 24.3 Å². The highest BCUT2D eigenvalue weighted by molar-refractivity contribution is 6.08. The molecule has 1 aliphatic carbocycles. The number of piperidine rings is 1. The van der Waals surface area contributed by atoms with E-state index >= 15 is 0 Å². The number of benzene rings is 2.